The van der Waals surface area contributed by atoms with Crippen molar-refractivity contribution in [2.75, 3.05) is 31.6 Å². The molecule has 1 aliphatic rings. The largest absolute Gasteiger partial charge is 0.388 e. The van der Waals surface area contributed by atoms with Gasteiger partial charge in [0.25, 0.3) is 0 Å². The Kier molecular flexibility index (Phi) is 6.48. The summed E-state index contributed by atoms with van der Waals surface area (Å²) < 4.78 is 16.5. The van der Waals surface area contributed by atoms with Crippen LogP contribution in [0.15, 0.2) is 55.4 Å². The quantitative estimate of drug-likeness (QED) is 0.555. The molecule has 0 spiro atoms. The summed E-state index contributed by atoms with van der Waals surface area (Å²) in [5.41, 5.74) is 4.23. The normalized spacial score (nSPS) is 19.8. The number of hydrogen-bond donors (Lipinski definition) is 1. The second-order valence-electron chi connectivity index (χ2n) is 9.93. The van der Waals surface area contributed by atoms with E-state index in [0.29, 0.717) is 6.54 Å². The highest BCUT2D eigenvalue weighted by molar-refractivity contribution is 5.90. The summed E-state index contributed by atoms with van der Waals surface area (Å²) in [5, 5.41) is 4.26. The highest BCUT2D eigenvalue weighted by atomic mass is 19.1. The molecule has 2 unspecified atom stereocenters. The van der Waals surface area contributed by atoms with Crippen molar-refractivity contribution in [3.63, 3.8) is 0 Å². The smallest absolute Gasteiger partial charge is 0.142 e. The van der Waals surface area contributed by atoms with Crippen LogP contribution >= 0.6 is 0 Å². The summed E-state index contributed by atoms with van der Waals surface area (Å²) in [4.78, 5) is 9.44. The molecule has 4 rings (SSSR count). The maximum absolute atomic E-state index is 14.3. The highest BCUT2D eigenvalue weighted by Gasteiger charge is 2.34. The molecule has 0 saturated carbocycles. The van der Waals surface area contributed by atoms with Gasteiger partial charge in [0.15, 0.2) is 0 Å². The molecular weight excluding hydrogens is 413 g/mol. The van der Waals surface area contributed by atoms with E-state index in [2.05, 4.69) is 82.7 Å². The van der Waals surface area contributed by atoms with Crippen molar-refractivity contribution in [2.24, 2.45) is 0 Å². The molecule has 176 valence electrons. The molecule has 33 heavy (non-hydrogen) atoms. The van der Waals surface area contributed by atoms with Crippen molar-refractivity contribution in [3.8, 4) is 0 Å². The summed E-state index contributed by atoms with van der Waals surface area (Å²) in [6.07, 6.45) is 4.02. The lowest BCUT2D eigenvalue weighted by Gasteiger charge is -2.46. The minimum absolute atomic E-state index is 0.278. The second kappa shape index (κ2) is 9.18. The van der Waals surface area contributed by atoms with Crippen molar-refractivity contribution in [1.82, 2.24) is 19.8 Å². The average Bonchev–Trinajstić information content (AvgIpc) is 3.18. The van der Waals surface area contributed by atoms with E-state index in [0.717, 1.165) is 41.9 Å². The van der Waals surface area contributed by atoms with Crippen LogP contribution in [0.2, 0.25) is 0 Å². The SMILES string of the molecule is C=C(NC)c1ccc(Cn2ccc3c(N4CC(C)N(CC(C)(C)F)C(C)C4)ccnc32)cc1. The Labute approximate surface area is 196 Å². The minimum atomic E-state index is -1.19. The van der Waals surface area contributed by atoms with Gasteiger partial charge in [-0.05, 0) is 51.0 Å². The van der Waals surface area contributed by atoms with Gasteiger partial charge < -0.3 is 14.8 Å². The van der Waals surface area contributed by atoms with E-state index in [1.165, 1.54) is 11.3 Å². The number of aromatic nitrogens is 2. The Bertz CT molecular complexity index is 1100. The Morgan fingerprint density at radius 1 is 1.12 bits per heavy atom. The molecule has 3 heterocycles. The molecule has 6 heteroatoms. The zero-order valence-electron chi connectivity index (χ0n) is 20.5. The van der Waals surface area contributed by atoms with E-state index in [1.54, 1.807) is 13.8 Å². The van der Waals surface area contributed by atoms with Gasteiger partial charge in [-0.3, -0.25) is 4.90 Å². The fraction of sp³-hybridized carbons (Fsp3) is 0.444. The molecular formula is C27H36FN5. The maximum atomic E-state index is 14.3. The fourth-order valence-corrected chi connectivity index (χ4v) is 4.93. The van der Waals surface area contributed by atoms with Crippen LogP contribution in [0.5, 0.6) is 0 Å². The number of hydrogen-bond acceptors (Lipinski definition) is 4. The molecule has 2 aromatic heterocycles. The first-order valence-corrected chi connectivity index (χ1v) is 11.8. The lowest BCUT2D eigenvalue weighted by molar-refractivity contribution is 0.0587. The number of alkyl halides is 1. The van der Waals surface area contributed by atoms with Gasteiger partial charge in [-0.2, -0.15) is 0 Å². The van der Waals surface area contributed by atoms with Crippen LogP contribution in [0.4, 0.5) is 10.1 Å². The van der Waals surface area contributed by atoms with Crippen molar-refractivity contribution in [1.29, 1.82) is 0 Å². The number of rotatable bonds is 7. The predicted octanol–water partition coefficient (Wildman–Crippen LogP) is 4.92. The van der Waals surface area contributed by atoms with Gasteiger partial charge in [0.1, 0.15) is 11.3 Å². The van der Waals surface area contributed by atoms with Gasteiger partial charge in [0.2, 0.25) is 0 Å². The summed E-state index contributed by atoms with van der Waals surface area (Å²) in [7, 11) is 1.88. The fourth-order valence-electron chi connectivity index (χ4n) is 4.93. The number of fused-ring (bicyclic) bond motifs is 1. The zero-order chi connectivity index (χ0) is 23.8. The maximum Gasteiger partial charge on any atom is 0.142 e. The van der Waals surface area contributed by atoms with Gasteiger partial charge in [-0.15, -0.1) is 0 Å². The van der Waals surface area contributed by atoms with Crippen LogP contribution < -0.4 is 10.2 Å². The van der Waals surface area contributed by atoms with Crippen LogP contribution in [0.25, 0.3) is 16.7 Å². The zero-order valence-corrected chi connectivity index (χ0v) is 20.5. The van der Waals surface area contributed by atoms with E-state index in [-0.39, 0.29) is 12.1 Å². The predicted molar refractivity (Wildman–Crippen MR) is 136 cm³/mol. The average molecular weight is 450 g/mol. The summed E-state index contributed by atoms with van der Waals surface area (Å²) in [6.45, 7) is 14.7. The number of anilines is 1. The minimum Gasteiger partial charge on any atom is -0.388 e. The van der Waals surface area contributed by atoms with E-state index in [4.69, 9.17) is 4.98 Å². The molecule has 0 bridgehead atoms. The molecule has 0 aliphatic carbocycles. The third-order valence-corrected chi connectivity index (χ3v) is 6.60. The molecule has 1 aliphatic heterocycles. The standard InChI is InChI=1S/C27H36FN5/c1-19-15-32(16-20(2)33(19)18-27(4,5)28)25-11-13-30-26-24(25)12-14-31(26)17-22-7-9-23(10-8-22)21(3)29-6/h7-14,19-20,29H,3,15-18H2,1-2,4-6H3. The van der Waals surface area contributed by atoms with Gasteiger partial charge in [0.05, 0.1) is 0 Å². The van der Waals surface area contributed by atoms with Gasteiger partial charge >= 0.3 is 0 Å². The topological polar surface area (TPSA) is 36.3 Å². The Morgan fingerprint density at radius 3 is 2.39 bits per heavy atom. The van der Waals surface area contributed by atoms with Crippen molar-refractivity contribution in [2.45, 2.75) is 52.0 Å². The third-order valence-electron chi connectivity index (χ3n) is 6.60. The number of nitrogens with one attached hydrogen (secondary N) is 1. The molecule has 0 amide bonds. The molecule has 2 atom stereocenters. The van der Waals surface area contributed by atoms with E-state index < -0.39 is 5.67 Å². The van der Waals surface area contributed by atoms with Crippen LogP contribution in [0.3, 0.4) is 0 Å². The van der Waals surface area contributed by atoms with Gasteiger partial charge in [-0.1, -0.05) is 30.8 Å². The van der Waals surface area contributed by atoms with Crippen molar-refractivity contribution < 1.29 is 4.39 Å². The first-order valence-electron chi connectivity index (χ1n) is 11.8. The lowest BCUT2D eigenvalue weighted by Crippen LogP contribution is -2.59. The van der Waals surface area contributed by atoms with E-state index in [1.807, 2.05) is 13.2 Å². The van der Waals surface area contributed by atoms with E-state index >= 15 is 0 Å². The summed E-state index contributed by atoms with van der Waals surface area (Å²) >= 11 is 0. The van der Waals surface area contributed by atoms with Crippen LogP contribution in [-0.4, -0.2) is 58.9 Å². The highest BCUT2D eigenvalue weighted by Crippen LogP contribution is 2.31. The molecule has 1 aromatic carbocycles. The number of benzene rings is 1. The third kappa shape index (κ3) is 5.06. The molecule has 3 aromatic rings. The summed E-state index contributed by atoms with van der Waals surface area (Å²) in [6, 6.07) is 13.3. The van der Waals surface area contributed by atoms with Crippen LogP contribution in [-0.2, 0) is 6.54 Å². The monoisotopic (exact) mass is 449 g/mol. The molecule has 1 fully saturated rings. The number of halogens is 1. The van der Waals surface area contributed by atoms with Crippen molar-refractivity contribution in [3.05, 3.63) is 66.5 Å². The van der Waals surface area contributed by atoms with Gasteiger partial charge in [0, 0.05) is 74.5 Å². The first kappa shape index (κ1) is 23.3. The summed E-state index contributed by atoms with van der Waals surface area (Å²) in [5.74, 6) is 0. The number of piperazine rings is 1. The number of pyridine rings is 1. The van der Waals surface area contributed by atoms with Crippen molar-refractivity contribution >= 4 is 22.4 Å². The first-order chi connectivity index (χ1) is 15.7. The lowest BCUT2D eigenvalue weighted by atomic mass is 10.0. The molecule has 0 radical (unpaired) electrons. The Morgan fingerprint density at radius 2 is 1.79 bits per heavy atom. The Hall–Kier alpha value is -2.86. The number of nitrogens with zero attached hydrogens (tertiary/aromatic N) is 4. The Balaban J connectivity index is 1.55. The second-order valence-corrected chi connectivity index (χ2v) is 9.93. The van der Waals surface area contributed by atoms with Gasteiger partial charge in [-0.25, -0.2) is 9.37 Å². The molecule has 1 saturated heterocycles. The van der Waals surface area contributed by atoms with Crippen LogP contribution in [0, 0.1) is 0 Å². The molecule has 1 N–H and O–H groups in total. The molecule has 5 nitrogen and oxygen atoms in total. The van der Waals surface area contributed by atoms with E-state index in [9.17, 15) is 4.39 Å². The van der Waals surface area contributed by atoms with Crippen LogP contribution in [0.1, 0.15) is 38.8 Å².